The van der Waals surface area contributed by atoms with Crippen LogP contribution in [0.2, 0.25) is 0 Å². The van der Waals surface area contributed by atoms with Gasteiger partial charge in [-0.2, -0.15) is 0 Å². The van der Waals surface area contributed by atoms with Crippen molar-refractivity contribution in [3.05, 3.63) is 28.2 Å². The summed E-state index contributed by atoms with van der Waals surface area (Å²) < 4.78 is 0. The highest BCUT2D eigenvalue weighted by molar-refractivity contribution is 7.13. The van der Waals surface area contributed by atoms with E-state index in [4.69, 9.17) is 0 Å². The molecular formula is C9H11N3S2. The van der Waals surface area contributed by atoms with Crippen LogP contribution < -0.4 is 5.32 Å². The highest BCUT2D eigenvalue weighted by Gasteiger charge is 2.07. The first-order chi connectivity index (χ1) is 6.86. The van der Waals surface area contributed by atoms with Gasteiger partial charge in [-0.05, 0) is 0 Å². The molecule has 0 amide bonds. The first-order valence-electron chi connectivity index (χ1n) is 4.39. The second-order valence-corrected chi connectivity index (χ2v) is 4.81. The van der Waals surface area contributed by atoms with Gasteiger partial charge in [-0.3, -0.25) is 0 Å². The minimum absolute atomic E-state index is 0.443. The van der Waals surface area contributed by atoms with Crippen molar-refractivity contribution in [3.63, 3.8) is 0 Å². The van der Waals surface area contributed by atoms with Gasteiger partial charge in [0, 0.05) is 35.6 Å². The molecule has 0 radical (unpaired) electrons. The van der Waals surface area contributed by atoms with Crippen molar-refractivity contribution in [1.29, 1.82) is 0 Å². The highest BCUT2D eigenvalue weighted by Crippen LogP contribution is 2.19. The maximum atomic E-state index is 4.28. The van der Waals surface area contributed by atoms with E-state index in [0.717, 1.165) is 11.7 Å². The van der Waals surface area contributed by atoms with Gasteiger partial charge < -0.3 is 5.32 Å². The van der Waals surface area contributed by atoms with Gasteiger partial charge in [-0.15, -0.1) is 22.7 Å². The lowest BCUT2D eigenvalue weighted by molar-refractivity contribution is 0.794. The summed E-state index contributed by atoms with van der Waals surface area (Å²) >= 11 is 3.32. The molecule has 0 aliphatic rings. The Bertz CT molecular complexity index is 355. The van der Waals surface area contributed by atoms with Crippen molar-refractivity contribution in [2.24, 2.45) is 0 Å². The Kier molecular flexibility index (Phi) is 3.10. The Morgan fingerprint density at radius 1 is 1.29 bits per heavy atom. The Labute approximate surface area is 90.9 Å². The van der Waals surface area contributed by atoms with Gasteiger partial charge in [0.15, 0.2) is 5.13 Å². The number of nitrogens with zero attached hydrogens (tertiary/aromatic N) is 2. The summed E-state index contributed by atoms with van der Waals surface area (Å²) in [5.41, 5.74) is 0. The number of rotatable bonds is 4. The molecule has 1 N–H and O–H groups in total. The fourth-order valence-corrected chi connectivity index (χ4v) is 2.35. The van der Waals surface area contributed by atoms with Gasteiger partial charge in [-0.25, -0.2) is 9.97 Å². The molecule has 0 fully saturated rings. The van der Waals surface area contributed by atoms with Crippen molar-refractivity contribution in [3.8, 4) is 0 Å². The Balaban J connectivity index is 1.87. The van der Waals surface area contributed by atoms with Crippen molar-refractivity contribution in [2.45, 2.75) is 12.8 Å². The van der Waals surface area contributed by atoms with E-state index in [-0.39, 0.29) is 0 Å². The van der Waals surface area contributed by atoms with Crippen LogP contribution in [0.4, 0.5) is 5.13 Å². The first-order valence-corrected chi connectivity index (χ1v) is 6.15. The normalized spacial score (nSPS) is 12.6. The van der Waals surface area contributed by atoms with E-state index < -0.39 is 0 Å². The van der Waals surface area contributed by atoms with E-state index in [2.05, 4.69) is 22.2 Å². The van der Waals surface area contributed by atoms with Crippen LogP contribution in [0.1, 0.15) is 17.8 Å². The molecule has 3 nitrogen and oxygen atoms in total. The third kappa shape index (κ3) is 2.30. The van der Waals surface area contributed by atoms with Crippen LogP contribution in [0.25, 0.3) is 0 Å². The number of thiazole rings is 2. The molecule has 14 heavy (non-hydrogen) atoms. The molecule has 0 saturated carbocycles. The number of nitrogens with one attached hydrogen (secondary N) is 1. The van der Waals surface area contributed by atoms with Gasteiger partial charge in [0.05, 0.1) is 5.01 Å². The van der Waals surface area contributed by atoms with Crippen molar-refractivity contribution in [2.75, 3.05) is 11.9 Å². The molecule has 1 atom stereocenters. The Hall–Kier alpha value is -0.940. The third-order valence-electron chi connectivity index (χ3n) is 1.86. The van der Waals surface area contributed by atoms with Crippen molar-refractivity contribution >= 4 is 27.8 Å². The van der Waals surface area contributed by atoms with Crippen LogP contribution in [0.15, 0.2) is 23.2 Å². The van der Waals surface area contributed by atoms with E-state index in [1.54, 1.807) is 28.9 Å². The predicted octanol–water partition coefficient (Wildman–Crippen LogP) is 2.82. The number of hydrogen-bond acceptors (Lipinski definition) is 5. The lowest BCUT2D eigenvalue weighted by Crippen LogP contribution is -2.09. The molecule has 2 rings (SSSR count). The Morgan fingerprint density at radius 3 is 2.71 bits per heavy atom. The quantitative estimate of drug-likeness (QED) is 0.869. The molecular weight excluding hydrogens is 214 g/mol. The minimum atomic E-state index is 0.443. The van der Waals surface area contributed by atoms with Gasteiger partial charge in [0.25, 0.3) is 0 Å². The molecule has 2 aromatic heterocycles. The average Bonchev–Trinajstić information content (AvgIpc) is 2.87. The second-order valence-electron chi connectivity index (χ2n) is 2.99. The maximum absolute atomic E-state index is 4.28. The fraction of sp³-hybridized carbons (Fsp3) is 0.333. The summed E-state index contributed by atoms with van der Waals surface area (Å²) in [6.07, 6.45) is 3.65. The fourth-order valence-electron chi connectivity index (χ4n) is 1.12. The lowest BCUT2D eigenvalue weighted by Gasteiger charge is -2.08. The zero-order valence-electron chi connectivity index (χ0n) is 7.80. The number of aromatic nitrogens is 2. The summed E-state index contributed by atoms with van der Waals surface area (Å²) in [5, 5.41) is 9.42. The van der Waals surface area contributed by atoms with Crippen LogP contribution >= 0.6 is 22.7 Å². The first kappa shape index (κ1) is 9.61. The molecule has 0 aliphatic carbocycles. The Morgan fingerprint density at radius 2 is 2.07 bits per heavy atom. The summed E-state index contributed by atoms with van der Waals surface area (Å²) in [6, 6.07) is 0. The topological polar surface area (TPSA) is 37.8 Å². The third-order valence-corrected chi connectivity index (χ3v) is 3.60. The smallest absolute Gasteiger partial charge is 0.182 e. The average molecular weight is 225 g/mol. The van der Waals surface area contributed by atoms with Crippen LogP contribution in [0, 0.1) is 0 Å². The SMILES string of the molecule is CC(CNc1nccs1)c1nccs1. The number of anilines is 1. The second kappa shape index (κ2) is 4.52. The molecule has 1 unspecified atom stereocenters. The summed E-state index contributed by atoms with van der Waals surface area (Å²) in [7, 11) is 0. The minimum Gasteiger partial charge on any atom is -0.361 e. The molecule has 2 aromatic rings. The van der Waals surface area contributed by atoms with Crippen molar-refractivity contribution in [1.82, 2.24) is 9.97 Å². The van der Waals surface area contributed by atoms with Gasteiger partial charge >= 0.3 is 0 Å². The highest BCUT2D eigenvalue weighted by atomic mass is 32.1. The van der Waals surface area contributed by atoms with E-state index in [9.17, 15) is 0 Å². The molecule has 2 heterocycles. The largest absolute Gasteiger partial charge is 0.361 e. The van der Waals surface area contributed by atoms with Crippen LogP contribution in [0.3, 0.4) is 0 Å². The van der Waals surface area contributed by atoms with Crippen LogP contribution in [-0.2, 0) is 0 Å². The molecule has 0 aliphatic heterocycles. The van der Waals surface area contributed by atoms with E-state index in [1.165, 1.54) is 5.01 Å². The predicted molar refractivity (Wildman–Crippen MR) is 61.1 cm³/mol. The van der Waals surface area contributed by atoms with Crippen molar-refractivity contribution < 1.29 is 0 Å². The maximum Gasteiger partial charge on any atom is 0.182 e. The van der Waals surface area contributed by atoms with E-state index in [0.29, 0.717) is 5.92 Å². The van der Waals surface area contributed by atoms with E-state index >= 15 is 0 Å². The monoisotopic (exact) mass is 225 g/mol. The van der Waals surface area contributed by atoms with Gasteiger partial charge in [0.2, 0.25) is 0 Å². The summed E-state index contributed by atoms with van der Waals surface area (Å²) in [6.45, 7) is 3.06. The van der Waals surface area contributed by atoms with Crippen LogP contribution in [0.5, 0.6) is 0 Å². The lowest BCUT2D eigenvalue weighted by atomic mass is 10.2. The van der Waals surface area contributed by atoms with Crippen LogP contribution in [-0.4, -0.2) is 16.5 Å². The van der Waals surface area contributed by atoms with E-state index in [1.807, 2.05) is 17.0 Å². The summed E-state index contributed by atoms with van der Waals surface area (Å²) in [4.78, 5) is 8.44. The molecule has 74 valence electrons. The number of hydrogen-bond donors (Lipinski definition) is 1. The molecule has 0 bridgehead atoms. The van der Waals surface area contributed by atoms with Gasteiger partial charge in [-0.1, -0.05) is 6.92 Å². The zero-order chi connectivity index (χ0) is 9.80. The molecule has 0 aromatic carbocycles. The standard InChI is InChI=1S/C9H11N3S2/c1-7(8-10-2-4-13-8)6-12-9-11-3-5-14-9/h2-5,7H,6H2,1H3,(H,11,12). The molecule has 0 saturated heterocycles. The summed E-state index contributed by atoms with van der Waals surface area (Å²) in [5.74, 6) is 0.443. The zero-order valence-corrected chi connectivity index (χ0v) is 9.44. The molecule has 0 spiro atoms. The molecule has 5 heteroatoms. The van der Waals surface area contributed by atoms with Gasteiger partial charge in [0.1, 0.15) is 0 Å².